The van der Waals surface area contributed by atoms with E-state index in [0.717, 1.165) is 16.6 Å². The highest BCUT2D eigenvalue weighted by molar-refractivity contribution is 6.20. The largest absolute Gasteiger partial charge is 0.368 e. The van der Waals surface area contributed by atoms with Crippen molar-refractivity contribution >= 4 is 28.5 Å². The lowest BCUT2D eigenvalue weighted by Gasteiger charge is -2.08. The van der Waals surface area contributed by atoms with Crippen LogP contribution in [0.15, 0.2) is 12.1 Å². The van der Waals surface area contributed by atoms with Gasteiger partial charge in [-0.25, -0.2) is 4.98 Å². The van der Waals surface area contributed by atoms with Crippen LogP contribution in [-0.2, 0) is 11.3 Å². The Labute approximate surface area is 111 Å². The van der Waals surface area contributed by atoms with Gasteiger partial charge in [-0.3, -0.25) is 4.79 Å². The fraction of sp³-hybridized carbons (Fsp3) is 0.385. The van der Waals surface area contributed by atoms with Gasteiger partial charge < -0.3 is 10.3 Å². The number of hydrogen-bond acceptors (Lipinski definition) is 2. The Morgan fingerprint density at radius 3 is 2.61 bits per heavy atom. The highest BCUT2D eigenvalue weighted by Crippen LogP contribution is 2.26. The molecule has 5 heteroatoms. The van der Waals surface area contributed by atoms with Crippen LogP contribution < -0.4 is 5.73 Å². The van der Waals surface area contributed by atoms with Crippen molar-refractivity contribution in [1.29, 1.82) is 0 Å². The van der Waals surface area contributed by atoms with E-state index in [1.54, 1.807) is 4.57 Å². The van der Waals surface area contributed by atoms with Crippen LogP contribution in [0.5, 0.6) is 0 Å². The summed E-state index contributed by atoms with van der Waals surface area (Å²) in [7, 11) is 0. The van der Waals surface area contributed by atoms with Crippen LogP contribution in [0, 0.1) is 13.8 Å². The fourth-order valence-electron chi connectivity index (χ4n) is 2.02. The Hall–Kier alpha value is -1.55. The van der Waals surface area contributed by atoms with Crippen molar-refractivity contribution in [1.82, 2.24) is 9.55 Å². The van der Waals surface area contributed by atoms with Crippen molar-refractivity contribution < 1.29 is 4.79 Å². The van der Waals surface area contributed by atoms with Crippen molar-refractivity contribution in [3.63, 3.8) is 0 Å². The number of amides is 1. The summed E-state index contributed by atoms with van der Waals surface area (Å²) < 4.78 is 1.79. The lowest BCUT2D eigenvalue weighted by molar-refractivity contribution is -0.118. The Bertz CT molecular complexity index is 616. The number of hydrogen-bond donors (Lipinski definition) is 1. The monoisotopic (exact) mass is 265 g/mol. The summed E-state index contributed by atoms with van der Waals surface area (Å²) in [6, 6.07) is 4.02. The lowest BCUT2D eigenvalue weighted by atomic mass is 10.1. The number of aryl methyl sites for hydroxylation is 2. The zero-order valence-corrected chi connectivity index (χ0v) is 11.5. The number of nitrogens with two attached hydrogens (primary N) is 1. The van der Waals surface area contributed by atoms with E-state index < -0.39 is 5.91 Å². The number of halogens is 1. The van der Waals surface area contributed by atoms with Gasteiger partial charge in [-0.05, 0) is 44.0 Å². The summed E-state index contributed by atoms with van der Waals surface area (Å²) >= 11 is 6.11. The normalized spacial score (nSPS) is 12.9. The van der Waals surface area contributed by atoms with E-state index in [0.29, 0.717) is 5.82 Å². The van der Waals surface area contributed by atoms with E-state index in [4.69, 9.17) is 17.3 Å². The fourth-order valence-corrected chi connectivity index (χ4v) is 2.19. The molecule has 2 N–H and O–H groups in total. The maximum Gasteiger partial charge on any atom is 0.237 e. The number of aromatic nitrogens is 2. The van der Waals surface area contributed by atoms with Crippen molar-refractivity contribution in [2.24, 2.45) is 5.73 Å². The minimum absolute atomic E-state index is 0.103. The summed E-state index contributed by atoms with van der Waals surface area (Å²) in [4.78, 5) is 15.7. The van der Waals surface area contributed by atoms with Crippen LogP contribution in [0.4, 0.5) is 0 Å². The van der Waals surface area contributed by atoms with Gasteiger partial charge >= 0.3 is 0 Å². The van der Waals surface area contributed by atoms with Crippen LogP contribution >= 0.6 is 11.6 Å². The smallest absolute Gasteiger partial charge is 0.237 e. The molecule has 0 fully saturated rings. The van der Waals surface area contributed by atoms with E-state index >= 15 is 0 Å². The van der Waals surface area contributed by atoms with Gasteiger partial charge in [-0.1, -0.05) is 0 Å². The predicted molar refractivity (Wildman–Crippen MR) is 72.7 cm³/mol. The van der Waals surface area contributed by atoms with Crippen LogP contribution in [0.1, 0.15) is 29.3 Å². The number of imidazole rings is 1. The Morgan fingerprint density at radius 2 is 2.06 bits per heavy atom. The molecule has 0 aliphatic heterocycles. The molecule has 0 aliphatic rings. The van der Waals surface area contributed by atoms with Gasteiger partial charge in [0.1, 0.15) is 12.4 Å². The molecule has 2 rings (SSSR count). The molecule has 1 heterocycles. The number of benzene rings is 1. The first-order chi connectivity index (χ1) is 8.40. The van der Waals surface area contributed by atoms with Crippen molar-refractivity contribution in [2.45, 2.75) is 32.7 Å². The molecule has 0 bridgehead atoms. The molecule has 18 heavy (non-hydrogen) atoms. The van der Waals surface area contributed by atoms with E-state index in [1.165, 1.54) is 5.56 Å². The van der Waals surface area contributed by atoms with Crippen molar-refractivity contribution in [2.75, 3.05) is 0 Å². The third-order valence-corrected chi connectivity index (χ3v) is 3.26. The molecule has 1 aromatic carbocycles. The molecular weight excluding hydrogens is 250 g/mol. The SMILES string of the molecule is Cc1cc2nc(C(C)Cl)n(CC(N)=O)c2cc1C. The third-order valence-electron chi connectivity index (χ3n) is 3.06. The molecular formula is C13H16ClN3O. The van der Waals surface area contributed by atoms with Crippen molar-refractivity contribution in [3.05, 3.63) is 29.1 Å². The van der Waals surface area contributed by atoms with Gasteiger partial charge in [0.2, 0.25) is 5.91 Å². The molecule has 4 nitrogen and oxygen atoms in total. The second kappa shape index (κ2) is 4.61. The van der Waals surface area contributed by atoms with Crippen LogP contribution in [0.3, 0.4) is 0 Å². The number of primary amides is 1. The number of carbonyl (C=O) groups is 1. The summed E-state index contributed by atoms with van der Waals surface area (Å²) in [6.45, 7) is 6.00. The quantitative estimate of drug-likeness (QED) is 0.867. The van der Waals surface area contributed by atoms with Gasteiger partial charge in [0, 0.05) is 0 Å². The van der Waals surface area contributed by atoms with Gasteiger partial charge in [0.25, 0.3) is 0 Å². The number of carbonyl (C=O) groups excluding carboxylic acids is 1. The Morgan fingerprint density at radius 1 is 1.44 bits per heavy atom. The first-order valence-electron chi connectivity index (χ1n) is 5.80. The summed E-state index contributed by atoms with van der Waals surface area (Å²) in [6.07, 6.45) is 0. The number of nitrogens with zero attached hydrogens (tertiary/aromatic N) is 2. The molecule has 0 saturated heterocycles. The van der Waals surface area contributed by atoms with Gasteiger partial charge in [-0.15, -0.1) is 11.6 Å². The molecule has 0 saturated carbocycles. The molecule has 0 aliphatic carbocycles. The molecule has 0 spiro atoms. The minimum Gasteiger partial charge on any atom is -0.368 e. The van der Waals surface area contributed by atoms with Crippen LogP contribution in [0.25, 0.3) is 11.0 Å². The highest BCUT2D eigenvalue weighted by Gasteiger charge is 2.16. The average Bonchev–Trinajstić information content (AvgIpc) is 2.57. The molecule has 1 aromatic heterocycles. The first kappa shape index (κ1) is 12.9. The van der Waals surface area contributed by atoms with Gasteiger partial charge in [0.05, 0.1) is 16.4 Å². The molecule has 1 unspecified atom stereocenters. The van der Waals surface area contributed by atoms with Crippen molar-refractivity contribution in [3.8, 4) is 0 Å². The maximum atomic E-state index is 11.2. The van der Waals surface area contributed by atoms with Crippen LogP contribution in [-0.4, -0.2) is 15.5 Å². The number of rotatable bonds is 3. The molecule has 0 radical (unpaired) electrons. The lowest BCUT2D eigenvalue weighted by Crippen LogP contribution is -2.20. The topological polar surface area (TPSA) is 60.9 Å². The maximum absolute atomic E-state index is 11.2. The predicted octanol–water partition coefficient (Wildman–Crippen LogP) is 2.44. The standard InChI is InChI=1S/C13H16ClN3O/c1-7-4-10-11(5-8(7)2)17(6-12(15)18)13(16-10)9(3)14/h4-5,9H,6H2,1-3H3,(H2,15,18). The molecule has 96 valence electrons. The molecule has 1 amide bonds. The first-order valence-corrected chi connectivity index (χ1v) is 6.23. The molecule has 2 aromatic rings. The van der Waals surface area contributed by atoms with Gasteiger partial charge in [0.15, 0.2) is 0 Å². The zero-order chi connectivity index (χ0) is 13.4. The van der Waals surface area contributed by atoms with E-state index in [9.17, 15) is 4.79 Å². The zero-order valence-electron chi connectivity index (χ0n) is 10.7. The summed E-state index contributed by atoms with van der Waals surface area (Å²) in [5.41, 5.74) is 9.35. The second-order valence-corrected chi connectivity index (χ2v) is 5.22. The summed E-state index contributed by atoms with van der Waals surface area (Å²) in [5.74, 6) is 0.279. The van der Waals surface area contributed by atoms with E-state index in [1.807, 2.05) is 32.9 Å². The Balaban J connectivity index is 2.72. The minimum atomic E-state index is -0.397. The number of fused-ring (bicyclic) bond motifs is 1. The Kier molecular flexibility index (Phi) is 3.30. The third kappa shape index (κ3) is 2.20. The summed E-state index contributed by atoms with van der Waals surface area (Å²) in [5, 5.41) is -0.266. The molecule has 1 atom stereocenters. The van der Waals surface area contributed by atoms with E-state index in [-0.39, 0.29) is 11.9 Å². The average molecular weight is 266 g/mol. The second-order valence-electron chi connectivity index (χ2n) is 4.56. The highest BCUT2D eigenvalue weighted by atomic mass is 35.5. The van der Waals surface area contributed by atoms with E-state index in [2.05, 4.69) is 4.98 Å². The number of alkyl halides is 1. The van der Waals surface area contributed by atoms with Gasteiger partial charge in [-0.2, -0.15) is 0 Å². The van der Waals surface area contributed by atoms with Crippen LogP contribution in [0.2, 0.25) is 0 Å².